The monoisotopic (exact) mass is 437 g/mol. The zero-order valence-corrected chi connectivity index (χ0v) is 18.8. The quantitative estimate of drug-likeness (QED) is 0.759. The van der Waals surface area contributed by atoms with Crippen LogP contribution < -0.4 is 19.9 Å². The summed E-state index contributed by atoms with van der Waals surface area (Å²) >= 11 is 0. The number of benzene rings is 1. The molecule has 2 N–H and O–H groups in total. The molecule has 32 heavy (non-hydrogen) atoms. The van der Waals surface area contributed by atoms with E-state index >= 15 is 0 Å². The van der Waals surface area contributed by atoms with Crippen molar-refractivity contribution in [2.24, 2.45) is 0 Å². The lowest BCUT2D eigenvalue weighted by Gasteiger charge is -2.38. The van der Waals surface area contributed by atoms with Crippen molar-refractivity contribution in [1.29, 1.82) is 0 Å². The second-order valence-electron chi connectivity index (χ2n) is 9.20. The summed E-state index contributed by atoms with van der Waals surface area (Å²) in [5.41, 5.74) is 4.32. The average molecular weight is 438 g/mol. The molecule has 5 rings (SSSR count). The van der Waals surface area contributed by atoms with E-state index in [0.29, 0.717) is 25.1 Å². The van der Waals surface area contributed by atoms with Gasteiger partial charge in [-0.25, -0.2) is 4.98 Å². The molecular formula is C24H31N5O3. The molecule has 0 unspecified atom stereocenters. The highest BCUT2D eigenvalue weighted by atomic mass is 16.5. The molecule has 1 saturated heterocycles. The lowest BCUT2D eigenvalue weighted by Crippen LogP contribution is -2.49. The van der Waals surface area contributed by atoms with E-state index in [1.807, 2.05) is 37.2 Å². The minimum atomic E-state index is -0.633. The fraction of sp³-hybridized carbons (Fsp3) is 0.542. The second-order valence-corrected chi connectivity index (χ2v) is 9.20. The average Bonchev–Trinajstić information content (AvgIpc) is 2.79. The molecule has 8 nitrogen and oxygen atoms in total. The van der Waals surface area contributed by atoms with Crippen molar-refractivity contribution in [2.75, 3.05) is 42.3 Å². The first-order valence-electron chi connectivity index (χ1n) is 11.6. The highest BCUT2D eigenvalue weighted by molar-refractivity contribution is 5.94. The van der Waals surface area contributed by atoms with E-state index in [4.69, 9.17) is 14.7 Å². The van der Waals surface area contributed by atoms with E-state index in [2.05, 4.69) is 10.2 Å². The van der Waals surface area contributed by atoms with Gasteiger partial charge in [0.2, 0.25) is 11.9 Å². The number of carbonyl (C=O) groups is 1. The van der Waals surface area contributed by atoms with E-state index < -0.39 is 6.10 Å². The summed E-state index contributed by atoms with van der Waals surface area (Å²) in [5, 5.41) is 13.8. The standard InChI is InChI=1S/C24H31N5O3/c1-28(2)24-26-18-6-4-3-5-17(18)23(27-24)29-12-11-21(20(30)14-29)32-16-9-7-15-8-10-22(31)25-19(15)13-16/h7,9,13,20-21,30H,3-6,8,10-12,14H2,1-2H3,(H,25,31)/t20-,21-/m1/s1. The normalized spacial score (nSPS) is 22.6. The van der Waals surface area contributed by atoms with Gasteiger partial charge in [-0.15, -0.1) is 0 Å². The van der Waals surface area contributed by atoms with Crippen LogP contribution in [0.5, 0.6) is 5.75 Å². The number of hydrogen-bond donors (Lipinski definition) is 2. The Kier molecular flexibility index (Phi) is 5.63. The zero-order chi connectivity index (χ0) is 22.2. The van der Waals surface area contributed by atoms with Crippen LogP contribution >= 0.6 is 0 Å². The highest BCUT2D eigenvalue weighted by Gasteiger charge is 2.32. The number of fused-ring (bicyclic) bond motifs is 2. The fourth-order valence-electron chi connectivity index (χ4n) is 4.86. The molecule has 2 aromatic rings. The highest BCUT2D eigenvalue weighted by Crippen LogP contribution is 2.33. The van der Waals surface area contributed by atoms with Crippen molar-refractivity contribution in [1.82, 2.24) is 9.97 Å². The Morgan fingerprint density at radius 2 is 2.00 bits per heavy atom. The van der Waals surface area contributed by atoms with E-state index in [1.165, 1.54) is 5.56 Å². The van der Waals surface area contributed by atoms with Crippen molar-refractivity contribution < 1.29 is 14.6 Å². The van der Waals surface area contributed by atoms with Gasteiger partial charge < -0.3 is 25.0 Å². The molecule has 3 aliphatic rings. The van der Waals surface area contributed by atoms with Gasteiger partial charge in [0.15, 0.2) is 0 Å². The number of ether oxygens (including phenoxy) is 1. The maximum Gasteiger partial charge on any atom is 0.227 e. The Hall–Kier alpha value is -2.87. The number of β-amino-alcohol motifs (C(OH)–C–C–N with tert-alkyl or cyclic N) is 1. The summed E-state index contributed by atoms with van der Waals surface area (Å²) in [6.07, 6.45) is 5.33. The molecule has 1 aromatic carbocycles. The molecular weight excluding hydrogens is 406 g/mol. The first kappa shape index (κ1) is 21.0. The Bertz CT molecular complexity index is 1020. The number of aryl methyl sites for hydroxylation is 2. The van der Waals surface area contributed by atoms with E-state index in [9.17, 15) is 9.90 Å². The van der Waals surface area contributed by atoms with Crippen molar-refractivity contribution in [3.63, 3.8) is 0 Å². The molecule has 0 radical (unpaired) electrons. The predicted octanol–water partition coefficient (Wildman–Crippen LogP) is 2.32. The molecule has 1 aliphatic carbocycles. The molecule has 2 atom stereocenters. The molecule has 0 bridgehead atoms. The molecule has 0 saturated carbocycles. The number of hydrogen-bond acceptors (Lipinski definition) is 7. The molecule has 8 heteroatoms. The Morgan fingerprint density at radius 1 is 1.16 bits per heavy atom. The van der Waals surface area contributed by atoms with Gasteiger partial charge in [0.1, 0.15) is 23.8 Å². The smallest absolute Gasteiger partial charge is 0.227 e. The number of nitrogens with one attached hydrogen (secondary N) is 1. The fourth-order valence-corrected chi connectivity index (χ4v) is 4.86. The van der Waals surface area contributed by atoms with Crippen LogP contribution in [0.2, 0.25) is 0 Å². The zero-order valence-electron chi connectivity index (χ0n) is 18.8. The third-order valence-corrected chi connectivity index (χ3v) is 6.63. The Labute approximate surface area is 188 Å². The maximum absolute atomic E-state index is 11.7. The van der Waals surface area contributed by atoms with Gasteiger partial charge in [0.25, 0.3) is 0 Å². The Morgan fingerprint density at radius 3 is 2.81 bits per heavy atom. The summed E-state index contributed by atoms with van der Waals surface area (Å²) in [4.78, 5) is 25.5. The molecule has 170 valence electrons. The third-order valence-electron chi connectivity index (χ3n) is 6.63. The number of aromatic nitrogens is 2. The van der Waals surface area contributed by atoms with Crippen molar-refractivity contribution in [3.05, 3.63) is 35.0 Å². The minimum Gasteiger partial charge on any atom is -0.488 e. The number of carbonyl (C=O) groups excluding carboxylic acids is 1. The van der Waals surface area contributed by atoms with Crippen LogP contribution in [0.25, 0.3) is 0 Å². The minimum absolute atomic E-state index is 0.0354. The van der Waals surface area contributed by atoms with Gasteiger partial charge in [0, 0.05) is 57.3 Å². The van der Waals surface area contributed by atoms with Crippen LogP contribution in [0.1, 0.15) is 42.5 Å². The SMILES string of the molecule is CN(C)c1nc2c(c(N3CC[C@@H](Oc4ccc5c(c4)NC(=O)CC5)[C@H](O)C3)n1)CCCC2. The van der Waals surface area contributed by atoms with Crippen LogP contribution in [0.15, 0.2) is 18.2 Å². The molecule has 1 aromatic heterocycles. The Balaban J connectivity index is 1.31. The van der Waals surface area contributed by atoms with Crippen LogP contribution in [0.4, 0.5) is 17.5 Å². The molecule has 0 spiro atoms. The third kappa shape index (κ3) is 4.11. The van der Waals surface area contributed by atoms with Gasteiger partial charge in [-0.3, -0.25) is 4.79 Å². The first-order valence-corrected chi connectivity index (χ1v) is 11.6. The summed E-state index contributed by atoms with van der Waals surface area (Å²) in [6.45, 7) is 1.24. The van der Waals surface area contributed by atoms with Crippen LogP contribution in [0, 0.1) is 0 Å². The van der Waals surface area contributed by atoms with Gasteiger partial charge in [0.05, 0.1) is 5.69 Å². The lowest BCUT2D eigenvalue weighted by molar-refractivity contribution is -0.116. The topological polar surface area (TPSA) is 90.8 Å². The van der Waals surface area contributed by atoms with Gasteiger partial charge in [-0.2, -0.15) is 4.98 Å². The number of piperidine rings is 1. The largest absolute Gasteiger partial charge is 0.488 e. The van der Waals surface area contributed by atoms with Crippen molar-refractivity contribution >= 4 is 23.4 Å². The predicted molar refractivity (Wildman–Crippen MR) is 124 cm³/mol. The summed E-state index contributed by atoms with van der Waals surface area (Å²) in [7, 11) is 3.93. The number of anilines is 3. The second kappa shape index (κ2) is 8.58. The van der Waals surface area contributed by atoms with Gasteiger partial charge in [-0.1, -0.05) is 6.07 Å². The van der Waals surface area contributed by atoms with E-state index in [1.54, 1.807) is 0 Å². The number of aliphatic hydroxyl groups is 1. The summed E-state index contributed by atoms with van der Waals surface area (Å²) in [5.74, 6) is 2.41. The number of aliphatic hydroxyl groups excluding tert-OH is 1. The first-order chi connectivity index (χ1) is 15.5. The van der Waals surface area contributed by atoms with Gasteiger partial charge >= 0.3 is 0 Å². The summed E-state index contributed by atoms with van der Waals surface area (Å²) in [6, 6.07) is 5.80. The van der Waals surface area contributed by atoms with Crippen LogP contribution in [0.3, 0.4) is 0 Å². The van der Waals surface area contributed by atoms with Crippen molar-refractivity contribution in [2.45, 2.75) is 57.2 Å². The van der Waals surface area contributed by atoms with E-state index in [-0.39, 0.29) is 12.0 Å². The van der Waals surface area contributed by atoms with Crippen LogP contribution in [-0.2, 0) is 24.1 Å². The van der Waals surface area contributed by atoms with Crippen LogP contribution in [-0.4, -0.2) is 60.4 Å². The van der Waals surface area contributed by atoms with Crippen molar-refractivity contribution in [3.8, 4) is 5.75 Å². The number of amides is 1. The number of rotatable bonds is 4. The summed E-state index contributed by atoms with van der Waals surface area (Å²) < 4.78 is 6.16. The molecule has 3 heterocycles. The van der Waals surface area contributed by atoms with Gasteiger partial charge in [-0.05, 0) is 43.7 Å². The van der Waals surface area contributed by atoms with E-state index in [0.717, 1.165) is 67.4 Å². The molecule has 1 amide bonds. The maximum atomic E-state index is 11.7. The number of nitrogens with zero attached hydrogens (tertiary/aromatic N) is 4. The molecule has 1 fully saturated rings. The lowest BCUT2D eigenvalue weighted by atomic mass is 9.95. The molecule has 2 aliphatic heterocycles.